The van der Waals surface area contributed by atoms with E-state index in [2.05, 4.69) is 21.2 Å². The van der Waals surface area contributed by atoms with Crippen molar-refractivity contribution in [3.63, 3.8) is 0 Å². The molecule has 0 heterocycles. The third-order valence-electron chi connectivity index (χ3n) is 2.73. The molecular formula is C14H11BrF3NO. The second-order valence-corrected chi connectivity index (χ2v) is 5.16. The molecule has 2 aromatic carbocycles. The number of hydrogen-bond acceptors (Lipinski definition) is 2. The number of hydrogen-bond donors (Lipinski definition) is 2. The van der Waals surface area contributed by atoms with Crippen LogP contribution in [0.5, 0.6) is 5.75 Å². The fourth-order valence-electron chi connectivity index (χ4n) is 1.74. The molecule has 20 heavy (non-hydrogen) atoms. The van der Waals surface area contributed by atoms with Gasteiger partial charge in [0.25, 0.3) is 0 Å². The van der Waals surface area contributed by atoms with Crippen LogP contribution in [0.1, 0.15) is 11.1 Å². The van der Waals surface area contributed by atoms with Crippen molar-refractivity contribution in [1.29, 1.82) is 0 Å². The number of nitrogens with one attached hydrogen (secondary N) is 1. The van der Waals surface area contributed by atoms with E-state index < -0.39 is 17.4 Å². The quantitative estimate of drug-likeness (QED) is 0.881. The molecule has 0 aliphatic heterocycles. The molecule has 0 aliphatic rings. The van der Waals surface area contributed by atoms with E-state index in [1.54, 1.807) is 12.1 Å². The molecule has 0 aromatic heterocycles. The zero-order chi connectivity index (χ0) is 14.7. The number of phenolic OH excluding ortho intramolecular Hbond substituents is 1. The Balaban J connectivity index is 2.01. The van der Waals surface area contributed by atoms with E-state index in [-0.39, 0.29) is 18.9 Å². The summed E-state index contributed by atoms with van der Waals surface area (Å²) >= 11 is 3.24. The van der Waals surface area contributed by atoms with Gasteiger partial charge in [0.05, 0.1) is 0 Å². The standard InChI is InChI=1S/C14H11BrF3NO/c15-10-1-2-11(16)9(5-10)7-19-6-8-3-12(17)14(20)13(18)4-8/h1-5,19-20H,6-7H2. The smallest absolute Gasteiger partial charge is 0.187 e. The topological polar surface area (TPSA) is 32.3 Å². The van der Waals surface area contributed by atoms with Gasteiger partial charge in [-0.3, -0.25) is 0 Å². The van der Waals surface area contributed by atoms with Crippen molar-refractivity contribution >= 4 is 15.9 Å². The van der Waals surface area contributed by atoms with E-state index in [4.69, 9.17) is 5.11 Å². The number of aromatic hydroxyl groups is 1. The fourth-order valence-corrected chi connectivity index (χ4v) is 2.15. The summed E-state index contributed by atoms with van der Waals surface area (Å²) in [6, 6.07) is 6.61. The third-order valence-corrected chi connectivity index (χ3v) is 3.22. The zero-order valence-corrected chi connectivity index (χ0v) is 11.8. The van der Waals surface area contributed by atoms with Gasteiger partial charge in [-0.15, -0.1) is 0 Å². The van der Waals surface area contributed by atoms with E-state index in [1.165, 1.54) is 6.07 Å². The highest BCUT2D eigenvalue weighted by Gasteiger charge is 2.09. The maximum atomic E-state index is 13.5. The van der Waals surface area contributed by atoms with Crippen molar-refractivity contribution in [2.24, 2.45) is 0 Å². The minimum absolute atomic E-state index is 0.153. The second-order valence-electron chi connectivity index (χ2n) is 4.25. The van der Waals surface area contributed by atoms with Crippen LogP contribution in [0.2, 0.25) is 0 Å². The second kappa shape index (κ2) is 6.28. The van der Waals surface area contributed by atoms with Gasteiger partial charge in [-0.25, -0.2) is 13.2 Å². The molecule has 0 atom stereocenters. The third kappa shape index (κ3) is 3.52. The van der Waals surface area contributed by atoms with E-state index in [1.807, 2.05) is 0 Å². The van der Waals surface area contributed by atoms with Crippen molar-refractivity contribution in [2.75, 3.05) is 0 Å². The van der Waals surface area contributed by atoms with Crippen molar-refractivity contribution in [3.8, 4) is 5.75 Å². The van der Waals surface area contributed by atoms with Crippen molar-refractivity contribution in [1.82, 2.24) is 5.32 Å². The molecule has 0 aliphatic carbocycles. The minimum atomic E-state index is -1.02. The summed E-state index contributed by atoms with van der Waals surface area (Å²) in [5, 5.41) is 11.9. The lowest BCUT2D eigenvalue weighted by atomic mass is 10.1. The van der Waals surface area contributed by atoms with E-state index in [9.17, 15) is 13.2 Å². The number of halogens is 4. The van der Waals surface area contributed by atoms with Crippen molar-refractivity contribution in [3.05, 3.63) is 63.4 Å². The highest BCUT2D eigenvalue weighted by atomic mass is 79.9. The molecule has 0 saturated carbocycles. The molecule has 0 unspecified atom stereocenters. The summed E-state index contributed by atoms with van der Waals surface area (Å²) in [5.41, 5.74) is 0.771. The summed E-state index contributed by atoms with van der Waals surface area (Å²) in [6.07, 6.45) is 0. The summed E-state index contributed by atoms with van der Waals surface area (Å²) in [6.45, 7) is 0.370. The molecule has 0 saturated heterocycles. The first-order valence-corrected chi connectivity index (χ1v) is 6.58. The van der Waals surface area contributed by atoms with Crippen LogP contribution in [-0.2, 0) is 13.1 Å². The molecule has 0 spiro atoms. The Labute approximate surface area is 122 Å². The molecule has 0 radical (unpaired) electrons. The molecule has 6 heteroatoms. The van der Waals surface area contributed by atoms with Gasteiger partial charge in [-0.05, 0) is 35.9 Å². The van der Waals surface area contributed by atoms with Crippen LogP contribution in [0.25, 0.3) is 0 Å². The number of rotatable bonds is 4. The summed E-state index contributed by atoms with van der Waals surface area (Å²) < 4.78 is 40.5. The number of phenols is 1. The van der Waals surface area contributed by atoms with Gasteiger partial charge < -0.3 is 10.4 Å². The van der Waals surface area contributed by atoms with Crippen LogP contribution in [0, 0.1) is 17.5 Å². The summed E-state index contributed by atoms with van der Waals surface area (Å²) in [7, 11) is 0. The maximum Gasteiger partial charge on any atom is 0.187 e. The van der Waals surface area contributed by atoms with Gasteiger partial charge in [0, 0.05) is 23.1 Å². The van der Waals surface area contributed by atoms with Crippen LogP contribution in [-0.4, -0.2) is 5.11 Å². The van der Waals surface area contributed by atoms with Crippen LogP contribution >= 0.6 is 15.9 Å². The van der Waals surface area contributed by atoms with E-state index >= 15 is 0 Å². The molecule has 2 N–H and O–H groups in total. The Hall–Kier alpha value is -1.53. The first-order valence-electron chi connectivity index (χ1n) is 5.79. The Morgan fingerprint density at radius 1 is 0.950 bits per heavy atom. The highest BCUT2D eigenvalue weighted by molar-refractivity contribution is 9.10. The monoisotopic (exact) mass is 345 g/mol. The molecule has 106 valence electrons. The van der Waals surface area contributed by atoms with Gasteiger partial charge in [-0.1, -0.05) is 15.9 Å². The molecule has 0 fully saturated rings. The van der Waals surface area contributed by atoms with Gasteiger partial charge in [0.2, 0.25) is 0 Å². The molecule has 2 rings (SSSR count). The predicted octanol–water partition coefficient (Wildman–Crippen LogP) is 3.86. The molecule has 0 amide bonds. The molecule has 2 nitrogen and oxygen atoms in total. The average Bonchev–Trinajstić information content (AvgIpc) is 2.40. The highest BCUT2D eigenvalue weighted by Crippen LogP contribution is 2.21. The maximum absolute atomic E-state index is 13.5. The molecule has 0 bridgehead atoms. The van der Waals surface area contributed by atoms with Gasteiger partial charge in [0.15, 0.2) is 17.4 Å². The lowest BCUT2D eigenvalue weighted by molar-refractivity contribution is 0.395. The van der Waals surface area contributed by atoms with Crippen LogP contribution < -0.4 is 5.32 Å². The largest absolute Gasteiger partial charge is 0.503 e. The Kier molecular flexibility index (Phi) is 4.67. The van der Waals surface area contributed by atoms with Crippen molar-refractivity contribution < 1.29 is 18.3 Å². The van der Waals surface area contributed by atoms with Crippen LogP contribution in [0.15, 0.2) is 34.8 Å². The summed E-state index contributed by atoms with van der Waals surface area (Å²) in [5.74, 6) is -3.39. The molecule has 2 aromatic rings. The SMILES string of the molecule is Oc1c(F)cc(CNCc2cc(Br)ccc2F)cc1F. The van der Waals surface area contributed by atoms with Gasteiger partial charge >= 0.3 is 0 Å². The van der Waals surface area contributed by atoms with Crippen molar-refractivity contribution in [2.45, 2.75) is 13.1 Å². The lowest BCUT2D eigenvalue weighted by Crippen LogP contribution is -2.14. The van der Waals surface area contributed by atoms with E-state index in [0.29, 0.717) is 11.1 Å². The minimum Gasteiger partial charge on any atom is -0.503 e. The first-order chi connectivity index (χ1) is 9.47. The normalized spacial score (nSPS) is 10.8. The summed E-state index contributed by atoms with van der Waals surface area (Å²) in [4.78, 5) is 0. The number of benzene rings is 2. The van der Waals surface area contributed by atoms with Crippen LogP contribution in [0.4, 0.5) is 13.2 Å². The van der Waals surface area contributed by atoms with Gasteiger partial charge in [0.1, 0.15) is 5.82 Å². The van der Waals surface area contributed by atoms with E-state index in [0.717, 1.165) is 16.6 Å². The zero-order valence-electron chi connectivity index (χ0n) is 10.3. The Morgan fingerprint density at radius 2 is 1.60 bits per heavy atom. The average molecular weight is 346 g/mol. The predicted molar refractivity (Wildman–Crippen MR) is 72.7 cm³/mol. The lowest BCUT2D eigenvalue weighted by Gasteiger charge is -2.08. The Morgan fingerprint density at radius 3 is 2.25 bits per heavy atom. The van der Waals surface area contributed by atoms with Crippen LogP contribution in [0.3, 0.4) is 0 Å². The first kappa shape index (κ1) is 14.9. The fraction of sp³-hybridized carbons (Fsp3) is 0.143. The Bertz CT molecular complexity index is 611. The molecular weight excluding hydrogens is 335 g/mol. The van der Waals surface area contributed by atoms with Gasteiger partial charge in [-0.2, -0.15) is 0 Å².